The van der Waals surface area contributed by atoms with Crippen molar-refractivity contribution in [3.63, 3.8) is 0 Å². The van der Waals surface area contributed by atoms with Crippen molar-refractivity contribution < 1.29 is 13.9 Å². The minimum atomic E-state index is -0.372. The maximum atomic E-state index is 13.5. The number of benzene rings is 3. The first kappa shape index (κ1) is 26.1. The fourth-order valence-corrected chi connectivity index (χ4v) is 6.27. The monoisotopic (exact) mass is 550 g/mol. The third-order valence-electron chi connectivity index (χ3n) is 6.40. The molecule has 0 bridgehead atoms. The van der Waals surface area contributed by atoms with Gasteiger partial charge in [-0.05, 0) is 60.7 Å². The molecule has 0 saturated carbocycles. The van der Waals surface area contributed by atoms with Gasteiger partial charge in [0.15, 0.2) is 5.16 Å². The van der Waals surface area contributed by atoms with Crippen molar-refractivity contribution in [3.8, 4) is 11.4 Å². The number of carbonyl (C=O) groups excluding carboxylic acids is 1. The highest BCUT2D eigenvalue weighted by Gasteiger charge is 2.21. The van der Waals surface area contributed by atoms with Gasteiger partial charge in [0.2, 0.25) is 5.91 Å². The highest BCUT2D eigenvalue weighted by molar-refractivity contribution is 8.16. The van der Waals surface area contributed by atoms with Gasteiger partial charge in [0.25, 0.3) is 5.56 Å². The molecule has 0 radical (unpaired) electrons. The van der Waals surface area contributed by atoms with E-state index in [9.17, 15) is 14.0 Å². The first-order chi connectivity index (χ1) is 18.5. The number of nitrogens with zero attached hydrogens (tertiary/aromatic N) is 4. The largest absolute Gasteiger partial charge is 0.497 e. The third-order valence-corrected chi connectivity index (χ3v) is 8.52. The van der Waals surface area contributed by atoms with Crippen LogP contribution < -0.4 is 15.2 Å². The Labute approximate surface area is 228 Å². The molecule has 196 valence electrons. The predicted octanol–water partition coefficient (Wildman–Crippen LogP) is 4.67. The second-order valence-corrected chi connectivity index (χ2v) is 11.0. The molecule has 1 aliphatic heterocycles. The van der Waals surface area contributed by atoms with Crippen LogP contribution >= 0.6 is 23.5 Å². The number of thioether (sulfide) groups is 2. The van der Waals surface area contributed by atoms with Crippen LogP contribution in [0.15, 0.2) is 82.7 Å². The molecule has 2 heterocycles. The number of rotatable bonds is 8. The molecule has 1 aliphatic rings. The lowest BCUT2D eigenvalue weighted by Gasteiger charge is -2.36. The number of halogens is 1. The van der Waals surface area contributed by atoms with Crippen LogP contribution in [0.2, 0.25) is 0 Å². The number of carbonyl (C=O) groups is 1. The number of aromatic nitrogens is 2. The molecule has 3 aromatic carbocycles. The fraction of sp³-hybridized carbons (Fsp3) is 0.250. The number of piperazine rings is 1. The second kappa shape index (κ2) is 11.9. The zero-order chi connectivity index (χ0) is 26.5. The van der Waals surface area contributed by atoms with Crippen LogP contribution in [0.3, 0.4) is 0 Å². The van der Waals surface area contributed by atoms with Gasteiger partial charge in [-0.2, -0.15) is 0 Å². The van der Waals surface area contributed by atoms with E-state index in [4.69, 9.17) is 9.72 Å². The van der Waals surface area contributed by atoms with Crippen LogP contribution in [0.4, 0.5) is 10.1 Å². The quantitative estimate of drug-likeness (QED) is 0.137. The van der Waals surface area contributed by atoms with Crippen LogP contribution in [0, 0.1) is 5.82 Å². The SMILES string of the molecule is COc1ccc(N2CCN(C(=O)CSCSc3nc4ccccc4c(=O)n3-c3ccc(F)cc3)CC2)cc1. The minimum Gasteiger partial charge on any atom is -0.497 e. The lowest BCUT2D eigenvalue weighted by atomic mass is 10.2. The normalized spacial score (nSPS) is 13.6. The summed E-state index contributed by atoms with van der Waals surface area (Å²) in [5.74, 6) is 0.909. The molecule has 0 N–H and O–H groups in total. The van der Waals surface area contributed by atoms with Gasteiger partial charge in [-0.25, -0.2) is 9.37 Å². The summed E-state index contributed by atoms with van der Waals surface area (Å²) in [6, 6.07) is 20.9. The standard InChI is InChI=1S/C28H27FN4O3S2/c1-36-23-12-10-21(11-13-23)31-14-16-32(17-15-31)26(34)18-37-19-38-28-30-25-5-3-2-4-24(25)27(35)33(28)22-8-6-20(29)7-9-22/h2-13H,14-19H2,1H3. The molecule has 1 aromatic heterocycles. The Kier molecular flexibility index (Phi) is 8.19. The molecule has 10 heteroatoms. The van der Waals surface area contributed by atoms with Gasteiger partial charge in [0.05, 0.1) is 29.5 Å². The van der Waals surface area contributed by atoms with Gasteiger partial charge in [-0.1, -0.05) is 23.9 Å². The van der Waals surface area contributed by atoms with E-state index in [1.165, 1.54) is 40.2 Å². The van der Waals surface area contributed by atoms with Crippen molar-refractivity contribution in [2.75, 3.05) is 49.0 Å². The van der Waals surface area contributed by atoms with Gasteiger partial charge in [0, 0.05) is 37.0 Å². The van der Waals surface area contributed by atoms with Gasteiger partial charge >= 0.3 is 0 Å². The summed E-state index contributed by atoms with van der Waals surface area (Å²) < 4.78 is 20.3. The summed E-state index contributed by atoms with van der Waals surface area (Å²) in [7, 11) is 1.65. The number of anilines is 1. The third kappa shape index (κ3) is 5.81. The number of methoxy groups -OCH3 is 1. The van der Waals surface area contributed by atoms with Gasteiger partial charge in [0.1, 0.15) is 11.6 Å². The van der Waals surface area contributed by atoms with E-state index in [1.54, 1.807) is 37.4 Å². The molecule has 0 spiro atoms. The van der Waals surface area contributed by atoms with Crippen molar-refractivity contribution in [3.05, 3.63) is 89.0 Å². The Morgan fingerprint density at radius 3 is 2.34 bits per heavy atom. The number of hydrogen-bond acceptors (Lipinski definition) is 7. The summed E-state index contributed by atoms with van der Waals surface area (Å²) in [6.07, 6.45) is 0. The average molecular weight is 551 g/mol. The van der Waals surface area contributed by atoms with Crippen LogP contribution in [0.25, 0.3) is 16.6 Å². The zero-order valence-corrected chi connectivity index (χ0v) is 22.5. The van der Waals surface area contributed by atoms with Crippen LogP contribution in [0.5, 0.6) is 5.75 Å². The number of para-hydroxylation sites is 1. The molecule has 7 nitrogen and oxygen atoms in total. The fourth-order valence-electron chi connectivity index (χ4n) is 4.35. The topological polar surface area (TPSA) is 67.7 Å². The molecule has 1 fully saturated rings. The Bertz CT molecular complexity index is 1470. The van der Waals surface area contributed by atoms with Gasteiger partial charge < -0.3 is 14.5 Å². The summed E-state index contributed by atoms with van der Waals surface area (Å²) >= 11 is 2.89. The van der Waals surface area contributed by atoms with E-state index in [0.29, 0.717) is 45.7 Å². The van der Waals surface area contributed by atoms with E-state index < -0.39 is 0 Å². The molecule has 0 aliphatic carbocycles. The van der Waals surface area contributed by atoms with Crippen LogP contribution in [-0.2, 0) is 4.79 Å². The average Bonchev–Trinajstić information content (AvgIpc) is 2.96. The molecule has 1 saturated heterocycles. The highest BCUT2D eigenvalue weighted by Crippen LogP contribution is 2.25. The van der Waals surface area contributed by atoms with Gasteiger partial charge in [-0.3, -0.25) is 14.2 Å². The van der Waals surface area contributed by atoms with E-state index in [0.717, 1.165) is 24.5 Å². The van der Waals surface area contributed by atoms with E-state index in [2.05, 4.69) is 4.90 Å². The summed E-state index contributed by atoms with van der Waals surface area (Å²) in [5, 5.41) is 1.55. The summed E-state index contributed by atoms with van der Waals surface area (Å²) in [4.78, 5) is 35.0. The maximum absolute atomic E-state index is 13.5. The Hall–Kier alpha value is -3.50. The van der Waals surface area contributed by atoms with Crippen molar-refractivity contribution in [1.82, 2.24) is 14.5 Å². The smallest absolute Gasteiger partial charge is 0.266 e. The van der Waals surface area contributed by atoms with Crippen molar-refractivity contribution in [2.45, 2.75) is 5.16 Å². The first-order valence-corrected chi connectivity index (χ1v) is 14.3. The van der Waals surface area contributed by atoms with Crippen LogP contribution in [0.1, 0.15) is 0 Å². The Morgan fingerprint density at radius 2 is 1.63 bits per heavy atom. The van der Waals surface area contributed by atoms with Crippen LogP contribution in [-0.4, -0.2) is 64.5 Å². The lowest BCUT2D eigenvalue weighted by molar-refractivity contribution is -0.128. The van der Waals surface area contributed by atoms with E-state index >= 15 is 0 Å². The first-order valence-electron chi connectivity index (χ1n) is 12.2. The number of fused-ring (bicyclic) bond motifs is 1. The molecular weight excluding hydrogens is 523 g/mol. The van der Waals surface area contributed by atoms with Crippen molar-refractivity contribution in [1.29, 1.82) is 0 Å². The molecule has 1 amide bonds. The summed E-state index contributed by atoms with van der Waals surface area (Å²) in [6.45, 7) is 2.91. The number of hydrogen-bond donors (Lipinski definition) is 0. The number of amides is 1. The molecule has 38 heavy (non-hydrogen) atoms. The van der Waals surface area contributed by atoms with E-state index in [1.807, 2.05) is 35.2 Å². The molecule has 4 aromatic rings. The van der Waals surface area contributed by atoms with Crippen molar-refractivity contribution in [2.24, 2.45) is 0 Å². The maximum Gasteiger partial charge on any atom is 0.266 e. The lowest BCUT2D eigenvalue weighted by Crippen LogP contribution is -2.49. The minimum absolute atomic E-state index is 0.104. The zero-order valence-electron chi connectivity index (χ0n) is 20.9. The highest BCUT2D eigenvalue weighted by atomic mass is 32.2. The summed E-state index contributed by atoms with van der Waals surface area (Å²) in [5.41, 5.74) is 2.07. The molecule has 0 atom stereocenters. The molecule has 5 rings (SSSR count). The Balaban J connectivity index is 1.19. The second-order valence-electron chi connectivity index (χ2n) is 8.71. The van der Waals surface area contributed by atoms with Gasteiger partial charge in [-0.15, -0.1) is 11.8 Å². The molecular formula is C28H27FN4O3S2. The van der Waals surface area contributed by atoms with Crippen molar-refractivity contribution >= 4 is 46.0 Å². The predicted molar refractivity (Wildman–Crippen MR) is 152 cm³/mol. The molecule has 0 unspecified atom stereocenters. The Morgan fingerprint density at radius 1 is 0.947 bits per heavy atom. The van der Waals surface area contributed by atoms with E-state index in [-0.39, 0.29) is 17.3 Å². The number of ether oxygens (including phenoxy) is 1.